The molecule has 0 aromatic rings. The molecule has 1 heterocycles. The molecule has 1 aliphatic heterocycles. The maximum Gasteiger partial charge on any atom is 0.309 e. The van der Waals surface area contributed by atoms with Gasteiger partial charge in [0.05, 0.1) is 5.92 Å². The van der Waals surface area contributed by atoms with E-state index >= 15 is 0 Å². The zero-order valence-corrected chi connectivity index (χ0v) is 8.37. The van der Waals surface area contributed by atoms with Crippen molar-refractivity contribution < 1.29 is 14.3 Å². The molecule has 2 atom stereocenters. The number of ketones is 1. The van der Waals surface area contributed by atoms with Crippen molar-refractivity contribution in [3.63, 3.8) is 0 Å². The van der Waals surface area contributed by atoms with Crippen LogP contribution in [0.1, 0.15) is 33.6 Å². The molecule has 0 unspecified atom stereocenters. The summed E-state index contributed by atoms with van der Waals surface area (Å²) >= 11 is 0. The molecular formula is C10H16O3. The van der Waals surface area contributed by atoms with Crippen molar-refractivity contribution in [1.29, 1.82) is 0 Å². The Balaban J connectivity index is 2.46. The fourth-order valence-corrected chi connectivity index (χ4v) is 1.45. The summed E-state index contributed by atoms with van der Waals surface area (Å²) in [6.07, 6.45) is 0.597. The van der Waals surface area contributed by atoms with E-state index in [4.69, 9.17) is 4.74 Å². The Morgan fingerprint density at radius 2 is 2.23 bits per heavy atom. The minimum absolute atomic E-state index is 0.0627. The number of hydrogen-bond donors (Lipinski definition) is 0. The Morgan fingerprint density at radius 3 is 2.62 bits per heavy atom. The summed E-state index contributed by atoms with van der Waals surface area (Å²) in [5, 5.41) is 0. The maximum absolute atomic E-state index is 11.5. The van der Waals surface area contributed by atoms with Crippen molar-refractivity contribution >= 4 is 11.8 Å². The Bertz CT molecular complexity index is 220. The molecule has 74 valence electrons. The first-order valence-corrected chi connectivity index (χ1v) is 4.74. The average molecular weight is 184 g/mol. The van der Waals surface area contributed by atoms with E-state index in [-0.39, 0.29) is 17.7 Å². The van der Waals surface area contributed by atoms with Gasteiger partial charge in [-0.05, 0) is 5.92 Å². The molecule has 1 fully saturated rings. The number of rotatable bonds is 3. The normalized spacial score (nSPS) is 27.8. The van der Waals surface area contributed by atoms with Crippen molar-refractivity contribution in [2.24, 2.45) is 11.8 Å². The third-order valence-corrected chi connectivity index (χ3v) is 2.20. The van der Waals surface area contributed by atoms with Crippen LogP contribution in [-0.4, -0.2) is 17.9 Å². The lowest BCUT2D eigenvalue weighted by molar-refractivity contribution is -0.149. The van der Waals surface area contributed by atoms with Gasteiger partial charge in [-0.2, -0.15) is 0 Å². The first-order valence-electron chi connectivity index (χ1n) is 4.74. The standard InChI is InChI=1S/C10H16O3/c1-6(2)4-8(11)9-5-7(3)10(12)13-9/h6-7,9H,4-5H2,1-3H3/t7-,9+/m0/s1. The van der Waals surface area contributed by atoms with Crippen LogP contribution in [0.25, 0.3) is 0 Å². The Hall–Kier alpha value is -0.860. The Labute approximate surface area is 78.5 Å². The molecule has 0 bridgehead atoms. The molecule has 13 heavy (non-hydrogen) atoms. The van der Waals surface area contributed by atoms with Crippen molar-refractivity contribution in [1.82, 2.24) is 0 Å². The number of ether oxygens (including phenoxy) is 1. The van der Waals surface area contributed by atoms with Gasteiger partial charge in [-0.3, -0.25) is 9.59 Å². The largest absolute Gasteiger partial charge is 0.454 e. The zero-order valence-electron chi connectivity index (χ0n) is 8.37. The molecule has 3 nitrogen and oxygen atoms in total. The van der Waals surface area contributed by atoms with Crippen LogP contribution in [0.5, 0.6) is 0 Å². The second-order valence-corrected chi connectivity index (χ2v) is 4.13. The van der Waals surface area contributed by atoms with E-state index in [0.717, 1.165) is 0 Å². The highest BCUT2D eigenvalue weighted by molar-refractivity contribution is 5.88. The number of hydrogen-bond acceptors (Lipinski definition) is 3. The van der Waals surface area contributed by atoms with Gasteiger partial charge in [0.2, 0.25) is 0 Å². The molecular weight excluding hydrogens is 168 g/mol. The first-order chi connectivity index (χ1) is 6.00. The van der Waals surface area contributed by atoms with Crippen LogP contribution in [0.2, 0.25) is 0 Å². The van der Waals surface area contributed by atoms with E-state index in [1.54, 1.807) is 6.92 Å². The number of cyclic esters (lactones) is 1. The van der Waals surface area contributed by atoms with E-state index < -0.39 is 6.10 Å². The molecule has 1 rings (SSSR count). The van der Waals surface area contributed by atoms with Crippen LogP contribution in [0.4, 0.5) is 0 Å². The first kappa shape index (κ1) is 10.2. The minimum atomic E-state index is -0.468. The fourth-order valence-electron chi connectivity index (χ4n) is 1.45. The summed E-state index contributed by atoms with van der Waals surface area (Å²) in [6.45, 7) is 5.77. The van der Waals surface area contributed by atoms with Gasteiger partial charge in [0.25, 0.3) is 0 Å². The van der Waals surface area contributed by atoms with Crippen molar-refractivity contribution in [2.75, 3.05) is 0 Å². The summed E-state index contributed by atoms with van der Waals surface area (Å²) < 4.78 is 4.95. The summed E-state index contributed by atoms with van der Waals surface area (Å²) in [7, 11) is 0. The quantitative estimate of drug-likeness (QED) is 0.625. The van der Waals surface area contributed by atoms with Crippen LogP contribution in [-0.2, 0) is 14.3 Å². The average Bonchev–Trinajstić information content (AvgIpc) is 2.31. The van der Waals surface area contributed by atoms with Crippen molar-refractivity contribution in [3.8, 4) is 0 Å². The van der Waals surface area contributed by atoms with E-state index in [1.165, 1.54) is 0 Å². The predicted octanol–water partition coefficient (Wildman–Crippen LogP) is 1.55. The second kappa shape index (κ2) is 3.90. The zero-order chi connectivity index (χ0) is 10.0. The number of carbonyl (C=O) groups is 2. The molecule has 0 amide bonds. The lowest BCUT2D eigenvalue weighted by Gasteiger charge is -2.09. The van der Waals surface area contributed by atoms with Crippen molar-refractivity contribution in [3.05, 3.63) is 0 Å². The Kier molecular flexibility index (Phi) is 3.07. The van der Waals surface area contributed by atoms with Gasteiger partial charge < -0.3 is 4.74 Å². The molecule has 1 saturated heterocycles. The Morgan fingerprint density at radius 1 is 1.62 bits per heavy atom. The molecule has 1 aliphatic rings. The summed E-state index contributed by atoms with van der Waals surface area (Å²) in [5.41, 5.74) is 0. The second-order valence-electron chi connectivity index (χ2n) is 4.13. The smallest absolute Gasteiger partial charge is 0.309 e. The van der Waals surface area contributed by atoms with Gasteiger partial charge in [0.15, 0.2) is 11.9 Å². The molecule has 0 N–H and O–H groups in total. The van der Waals surface area contributed by atoms with E-state index in [0.29, 0.717) is 18.8 Å². The van der Waals surface area contributed by atoms with Crippen molar-refractivity contribution in [2.45, 2.75) is 39.7 Å². The third kappa shape index (κ3) is 2.54. The molecule has 0 saturated carbocycles. The van der Waals surface area contributed by atoms with Crippen LogP contribution < -0.4 is 0 Å². The van der Waals surface area contributed by atoms with Gasteiger partial charge in [-0.1, -0.05) is 20.8 Å². The summed E-state index contributed by atoms with van der Waals surface area (Å²) in [5.74, 6) is 0.0537. The van der Waals surface area contributed by atoms with Gasteiger partial charge in [0, 0.05) is 12.8 Å². The van der Waals surface area contributed by atoms with Gasteiger partial charge in [-0.15, -0.1) is 0 Å². The predicted molar refractivity (Wildman–Crippen MR) is 48.1 cm³/mol. The topological polar surface area (TPSA) is 43.4 Å². The third-order valence-electron chi connectivity index (χ3n) is 2.20. The number of Topliss-reactive ketones (excluding diaryl/α,β-unsaturated/α-hetero) is 1. The highest BCUT2D eigenvalue weighted by Crippen LogP contribution is 2.22. The number of carbonyl (C=O) groups excluding carboxylic acids is 2. The van der Waals surface area contributed by atoms with Crippen LogP contribution >= 0.6 is 0 Å². The van der Waals surface area contributed by atoms with Crippen LogP contribution in [0.15, 0.2) is 0 Å². The van der Waals surface area contributed by atoms with Crippen LogP contribution in [0.3, 0.4) is 0 Å². The molecule has 3 heteroatoms. The monoisotopic (exact) mass is 184 g/mol. The molecule has 0 aromatic heterocycles. The maximum atomic E-state index is 11.5. The lowest BCUT2D eigenvalue weighted by Crippen LogP contribution is -2.21. The van der Waals surface area contributed by atoms with Crippen LogP contribution in [0, 0.1) is 11.8 Å². The SMILES string of the molecule is CC(C)CC(=O)[C@H]1C[C@H](C)C(=O)O1. The molecule has 0 spiro atoms. The minimum Gasteiger partial charge on any atom is -0.454 e. The van der Waals surface area contributed by atoms with E-state index in [2.05, 4.69) is 0 Å². The molecule has 0 aliphatic carbocycles. The highest BCUT2D eigenvalue weighted by Gasteiger charge is 2.35. The lowest BCUT2D eigenvalue weighted by atomic mass is 9.99. The van der Waals surface area contributed by atoms with Gasteiger partial charge in [0.1, 0.15) is 0 Å². The van der Waals surface area contributed by atoms with E-state index in [9.17, 15) is 9.59 Å². The molecule has 0 radical (unpaired) electrons. The van der Waals surface area contributed by atoms with Gasteiger partial charge >= 0.3 is 5.97 Å². The summed E-state index contributed by atoms with van der Waals surface area (Å²) in [6, 6.07) is 0. The summed E-state index contributed by atoms with van der Waals surface area (Å²) in [4.78, 5) is 22.5. The van der Waals surface area contributed by atoms with E-state index in [1.807, 2.05) is 13.8 Å². The number of esters is 1. The van der Waals surface area contributed by atoms with Gasteiger partial charge in [-0.25, -0.2) is 0 Å². The highest BCUT2D eigenvalue weighted by atomic mass is 16.6. The fraction of sp³-hybridized carbons (Fsp3) is 0.800. The molecule has 0 aromatic carbocycles.